The summed E-state index contributed by atoms with van der Waals surface area (Å²) in [4.78, 5) is 0. The number of rotatable bonds is 3. The number of ether oxygens (including phenoxy) is 4. The van der Waals surface area contributed by atoms with E-state index in [1.54, 1.807) is 0 Å². The van der Waals surface area contributed by atoms with Crippen LogP contribution in [0, 0.1) is 11.3 Å². The standard InChI is InChI=1S/C19H29NO4/c1-13-18(24-19(23-13)9-3-2-4-10-19)17-12-16-15(22-17)8-7-14(21-16)6-5-11-20/h13-18H,2-10,12H2,1H3/t13-,14?,15+,16?,17?,18?/m1/s1. The Morgan fingerprint density at radius 1 is 1.00 bits per heavy atom. The highest BCUT2D eigenvalue weighted by atomic mass is 16.8. The molecule has 4 rings (SSSR count). The summed E-state index contributed by atoms with van der Waals surface area (Å²) in [6.45, 7) is 2.12. The molecule has 24 heavy (non-hydrogen) atoms. The zero-order valence-electron chi connectivity index (χ0n) is 14.6. The predicted octanol–water partition coefficient (Wildman–Crippen LogP) is 3.46. The van der Waals surface area contributed by atoms with Gasteiger partial charge in [0.15, 0.2) is 5.79 Å². The fraction of sp³-hybridized carbons (Fsp3) is 0.947. The average Bonchev–Trinajstić information content (AvgIpc) is 3.14. The maximum absolute atomic E-state index is 8.76. The van der Waals surface area contributed by atoms with Gasteiger partial charge >= 0.3 is 0 Å². The Bertz CT molecular complexity index is 484. The highest BCUT2D eigenvalue weighted by molar-refractivity contribution is 4.97. The minimum absolute atomic E-state index is 0.0230. The fourth-order valence-corrected chi connectivity index (χ4v) is 4.94. The largest absolute Gasteiger partial charge is 0.372 e. The van der Waals surface area contributed by atoms with Gasteiger partial charge in [-0.15, -0.1) is 0 Å². The molecule has 0 amide bonds. The van der Waals surface area contributed by atoms with E-state index < -0.39 is 0 Å². The molecule has 3 saturated heterocycles. The zero-order valence-corrected chi connectivity index (χ0v) is 14.6. The molecule has 4 unspecified atom stereocenters. The minimum Gasteiger partial charge on any atom is -0.372 e. The van der Waals surface area contributed by atoms with Crippen molar-refractivity contribution in [2.24, 2.45) is 0 Å². The molecule has 0 aromatic carbocycles. The molecule has 3 heterocycles. The lowest BCUT2D eigenvalue weighted by molar-refractivity contribution is -0.201. The van der Waals surface area contributed by atoms with Gasteiger partial charge in [0.2, 0.25) is 0 Å². The van der Waals surface area contributed by atoms with Gasteiger partial charge in [-0.1, -0.05) is 6.42 Å². The summed E-state index contributed by atoms with van der Waals surface area (Å²) in [5.41, 5.74) is 0. The first kappa shape index (κ1) is 16.8. The van der Waals surface area contributed by atoms with Crippen molar-refractivity contribution in [1.29, 1.82) is 5.26 Å². The Morgan fingerprint density at radius 3 is 2.62 bits per heavy atom. The van der Waals surface area contributed by atoms with Crippen LogP contribution in [0.25, 0.3) is 0 Å². The van der Waals surface area contributed by atoms with Crippen LogP contribution >= 0.6 is 0 Å². The van der Waals surface area contributed by atoms with Crippen molar-refractivity contribution in [3.63, 3.8) is 0 Å². The molecule has 134 valence electrons. The van der Waals surface area contributed by atoms with Crippen LogP contribution in [0.4, 0.5) is 0 Å². The summed E-state index contributed by atoms with van der Waals surface area (Å²) in [6, 6.07) is 2.22. The van der Waals surface area contributed by atoms with Gasteiger partial charge in [-0.05, 0) is 39.0 Å². The molecule has 4 aliphatic rings. The van der Waals surface area contributed by atoms with Crippen molar-refractivity contribution in [2.75, 3.05) is 0 Å². The number of hydrogen-bond acceptors (Lipinski definition) is 5. The van der Waals surface area contributed by atoms with Crippen molar-refractivity contribution in [1.82, 2.24) is 0 Å². The Labute approximate surface area is 144 Å². The van der Waals surface area contributed by atoms with Crippen LogP contribution in [0.3, 0.4) is 0 Å². The van der Waals surface area contributed by atoms with Crippen LogP contribution in [0.15, 0.2) is 0 Å². The number of nitriles is 1. The van der Waals surface area contributed by atoms with Crippen molar-refractivity contribution < 1.29 is 18.9 Å². The second kappa shape index (κ2) is 6.92. The van der Waals surface area contributed by atoms with Gasteiger partial charge in [-0.2, -0.15) is 5.26 Å². The van der Waals surface area contributed by atoms with E-state index in [0.29, 0.717) is 6.42 Å². The van der Waals surface area contributed by atoms with Crippen LogP contribution in [0.1, 0.15) is 71.1 Å². The van der Waals surface area contributed by atoms with Crippen molar-refractivity contribution in [3.8, 4) is 6.07 Å². The third kappa shape index (κ3) is 3.22. The van der Waals surface area contributed by atoms with Crippen LogP contribution in [-0.2, 0) is 18.9 Å². The van der Waals surface area contributed by atoms with E-state index in [2.05, 4.69) is 13.0 Å². The molecule has 6 atom stereocenters. The summed E-state index contributed by atoms with van der Waals surface area (Å²) in [5.74, 6) is -0.352. The summed E-state index contributed by atoms with van der Waals surface area (Å²) >= 11 is 0. The van der Waals surface area contributed by atoms with Gasteiger partial charge in [0.25, 0.3) is 0 Å². The number of nitrogens with zero attached hydrogens (tertiary/aromatic N) is 1. The van der Waals surface area contributed by atoms with Crippen molar-refractivity contribution in [3.05, 3.63) is 0 Å². The molecule has 0 N–H and O–H groups in total. The first-order chi connectivity index (χ1) is 11.7. The lowest BCUT2D eigenvalue weighted by atomic mass is 9.94. The molecule has 1 aliphatic carbocycles. The van der Waals surface area contributed by atoms with Gasteiger partial charge in [0.05, 0.1) is 36.6 Å². The van der Waals surface area contributed by atoms with E-state index in [1.165, 1.54) is 19.3 Å². The van der Waals surface area contributed by atoms with E-state index in [-0.39, 0.29) is 42.4 Å². The SMILES string of the molecule is C[C@H]1OC2(CCCCC2)OC1C1CC2OC(CCC#N)CC[C@@H]2O1. The topological polar surface area (TPSA) is 60.7 Å². The van der Waals surface area contributed by atoms with Crippen LogP contribution in [0.5, 0.6) is 0 Å². The predicted molar refractivity (Wildman–Crippen MR) is 87.3 cm³/mol. The van der Waals surface area contributed by atoms with Gasteiger partial charge in [0, 0.05) is 25.7 Å². The van der Waals surface area contributed by atoms with Gasteiger partial charge in [-0.3, -0.25) is 0 Å². The van der Waals surface area contributed by atoms with Gasteiger partial charge < -0.3 is 18.9 Å². The molecule has 0 bridgehead atoms. The molecule has 5 nitrogen and oxygen atoms in total. The van der Waals surface area contributed by atoms with E-state index >= 15 is 0 Å². The highest BCUT2D eigenvalue weighted by Gasteiger charge is 2.53. The summed E-state index contributed by atoms with van der Waals surface area (Å²) in [6.07, 6.45) is 10.8. The first-order valence-corrected chi connectivity index (χ1v) is 9.73. The summed E-state index contributed by atoms with van der Waals surface area (Å²) in [7, 11) is 0. The van der Waals surface area contributed by atoms with Crippen LogP contribution in [0.2, 0.25) is 0 Å². The molecule has 4 fully saturated rings. The average molecular weight is 335 g/mol. The van der Waals surface area contributed by atoms with Gasteiger partial charge in [0.1, 0.15) is 6.10 Å². The lowest BCUT2D eigenvalue weighted by Crippen LogP contribution is -2.36. The number of fused-ring (bicyclic) bond motifs is 1. The second-order valence-electron chi connectivity index (χ2n) is 7.90. The summed E-state index contributed by atoms with van der Waals surface area (Å²) < 4.78 is 25.2. The molecule has 3 aliphatic heterocycles. The second-order valence-corrected chi connectivity index (χ2v) is 7.90. The molecular formula is C19H29NO4. The van der Waals surface area contributed by atoms with Crippen molar-refractivity contribution >= 4 is 0 Å². The Kier molecular flexibility index (Phi) is 4.83. The quantitative estimate of drug-likeness (QED) is 0.790. The van der Waals surface area contributed by atoms with Crippen molar-refractivity contribution in [2.45, 2.75) is 114 Å². The molecular weight excluding hydrogens is 306 g/mol. The first-order valence-electron chi connectivity index (χ1n) is 9.73. The Balaban J connectivity index is 1.36. The lowest BCUT2D eigenvalue weighted by Gasteiger charge is -2.32. The fourth-order valence-electron chi connectivity index (χ4n) is 4.94. The smallest absolute Gasteiger partial charge is 0.169 e. The highest BCUT2D eigenvalue weighted by Crippen LogP contribution is 2.44. The molecule has 0 aromatic heterocycles. The molecule has 1 spiro atoms. The summed E-state index contributed by atoms with van der Waals surface area (Å²) in [5, 5.41) is 8.76. The maximum atomic E-state index is 8.76. The third-order valence-electron chi connectivity index (χ3n) is 6.14. The van der Waals surface area contributed by atoms with E-state index in [9.17, 15) is 0 Å². The zero-order chi connectivity index (χ0) is 16.6. The monoisotopic (exact) mass is 335 g/mol. The van der Waals surface area contributed by atoms with E-state index in [1.807, 2.05) is 0 Å². The normalized spacial score (nSPS) is 44.3. The minimum atomic E-state index is -0.352. The molecule has 0 radical (unpaired) electrons. The van der Waals surface area contributed by atoms with Gasteiger partial charge in [-0.25, -0.2) is 0 Å². The Hall–Kier alpha value is -0.670. The molecule has 1 saturated carbocycles. The van der Waals surface area contributed by atoms with E-state index in [0.717, 1.165) is 38.5 Å². The number of hydrogen-bond donors (Lipinski definition) is 0. The van der Waals surface area contributed by atoms with E-state index in [4.69, 9.17) is 24.2 Å². The van der Waals surface area contributed by atoms with Crippen LogP contribution < -0.4 is 0 Å². The van der Waals surface area contributed by atoms with Crippen LogP contribution in [-0.4, -0.2) is 42.4 Å². The maximum Gasteiger partial charge on any atom is 0.169 e. The molecule has 5 heteroatoms. The third-order valence-corrected chi connectivity index (χ3v) is 6.14. The molecule has 0 aromatic rings. The Morgan fingerprint density at radius 2 is 1.83 bits per heavy atom.